The fraction of sp³-hybridized carbons (Fsp3) is 0.176. The topological polar surface area (TPSA) is 102 Å². The molecule has 0 heterocycles. The highest BCUT2D eigenvalue weighted by molar-refractivity contribution is 7.89. The van der Waals surface area contributed by atoms with E-state index >= 15 is 0 Å². The second-order valence-corrected chi connectivity index (χ2v) is 7.15. The summed E-state index contributed by atoms with van der Waals surface area (Å²) in [6, 6.07) is 8.13. The first-order valence-corrected chi connectivity index (χ1v) is 9.16. The fourth-order valence-corrected chi connectivity index (χ4v) is 3.17. The van der Waals surface area contributed by atoms with E-state index in [4.69, 9.17) is 4.74 Å². The molecule has 27 heavy (non-hydrogen) atoms. The van der Waals surface area contributed by atoms with Gasteiger partial charge in [0, 0.05) is 0 Å². The standard InChI is InChI=1S/C17H16F2N2O5S/c1-11(21-27(24,25)13-8-6-12(18)7-9-13)17(23)26-10-16(22)20-15-5-3-2-4-14(15)19/h2-9,11,21H,10H2,1H3,(H,20,22)/t11-/m0/s1. The molecule has 0 bridgehead atoms. The third-order valence-corrected chi connectivity index (χ3v) is 4.86. The molecule has 0 saturated heterocycles. The van der Waals surface area contributed by atoms with Crippen LogP contribution >= 0.6 is 0 Å². The molecule has 0 unspecified atom stereocenters. The number of esters is 1. The second kappa shape index (κ2) is 8.69. The lowest BCUT2D eigenvalue weighted by Crippen LogP contribution is -2.40. The molecular weight excluding hydrogens is 382 g/mol. The zero-order valence-corrected chi connectivity index (χ0v) is 14.9. The van der Waals surface area contributed by atoms with Crippen LogP contribution in [-0.4, -0.2) is 32.9 Å². The van der Waals surface area contributed by atoms with Crippen molar-refractivity contribution in [2.24, 2.45) is 0 Å². The Morgan fingerprint density at radius 2 is 1.70 bits per heavy atom. The van der Waals surface area contributed by atoms with E-state index in [-0.39, 0.29) is 10.6 Å². The van der Waals surface area contributed by atoms with Crippen LogP contribution in [0, 0.1) is 11.6 Å². The lowest BCUT2D eigenvalue weighted by Gasteiger charge is -2.14. The molecule has 2 aromatic carbocycles. The number of anilines is 1. The minimum absolute atomic E-state index is 0.0800. The highest BCUT2D eigenvalue weighted by atomic mass is 32.2. The number of sulfonamides is 1. The monoisotopic (exact) mass is 398 g/mol. The summed E-state index contributed by atoms with van der Waals surface area (Å²) in [6.45, 7) is 0.494. The van der Waals surface area contributed by atoms with Crippen molar-refractivity contribution >= 4 is 27.6 Å². The van der Waals surface area contributed by atoms with E-state index in [1.807, 2.05) is 0 Å². The summed E-state index contributed by atoms with van der Waals surface area (Å²) in [6.07, 6.45) is 0. The average Bonchev–Trinajstić information content (AvgIpc) is 2.61. The highest BCUT2D eigenvalue weighted by Crippen LogP contribution is 2.12. The van der Waals surface area contributed by atoms with E-state index in [0.717, 1.165) is 30.3 Å². The van der Waals surface area contributed by atoms with E-state index in [2.05, 4.69) is 10.0 Å². The van der Waals surface area contributed by atoms with Crippen LogP contribution in [0.1, 0.15) is 6.92 Å². The third kappa shape index (κ3) is 5.83. The number of hydrogen-bond donors (Lipinski definition) is 2. The van der Waals surface area contributed by atoms with Gasteiger partial charge >= 0.3 is 5.97 Å². The van der Waals surface area contributed by atoms with Gasteiger partial charge < -0.3 is 10.1 Å². The molecule has 0 saturated carbocycles. The SMILES string of the molecule is C[C@H](NS(=O)(=O)c1ccc(F)cc1)C(=O)OCC(=O)Nc1ccccc1F. The first-order chi connectivity index (χ1) is 12.7. The molecule has 0 aromatic heterocycles. The first kappa shape index (κ1) is 20.5. The van der Waals surface area contributed by atoms with Crippen molar-refractivity contribution in [3.8, 4) is 0 Å². The quantitative estimate of drug-likeness (QED) is 0.693. The molecule has 0 aliphatic rings. The summed E-state index contributed by atoms with van der Waals surface area (Å²) in [5.41, 5.74) is -0.0800. The van der Waals surface area contributed by atoms with Gasteiger partial charge in [-0.3, -0.25) is 9.59 Å². The molecule has 7 nitrogen and oxygen atoms in total. The van der Waals surface area contributed by atoms with Crippen molar-refractivity contribution in [1.29, 1.82) is 0 Å². The van der Waals surface area contributed by atoms with Crippen LogP contribution in [0.15, 0.2) is 53.4 Å². The Morgan fingerprint density at radius 1 is 1.07 bits per heavy atom. The molecule has 144 valence electrons. The molecule has 2 N–H and O–H groups in total. The molecule has 0 radical (unpaired) electrons. The number of amides is 1. The maximum Gasteiger partial charge on any atom is 0.324 e. The van der Waals surface area contributed by atoms with Crippen molar-refractivity contribution in [2.75, 3.05) is 11.9 Å². The van der Waals surface area contributed by atoms with E-state index in [9.17, 15) is 26.8 Å². The van der Waals surface area contributed by atoms with Crippen LogP contribution in [0.4, 0.5) is 14.5 Å². The van der Waals surface area contributed by atoms with E-state index in [1.54, 1.807) is 0 Å². The van der Waals surface area contributed by atoms with Gasteiger partial charge in [-0.1, -0.05) is 12.1 Å². The summed E-state index contributed by atoms with van der Waals surface area (Å²) in [7, 11) is -4.08. The predicted molar refractivity (Wildman–Crippen MR) is 92.2 cm³/mol. The number of benzene rings is 2. The zero-order valence-electron chi connectivity index (χ0n) is 14.1. The molecule has 1 atom stereocenters. The largest absolute Gasteiger partial charge is 0.454 e. The maximum absolute atomic E-state index is 13.4. The number of para-hydroxylation sites is 1. The predicted octanol–water partition coefficient (Wildman–Crippen LogP) is 1.81. The normalized spacial score (nSPS) is 12.3. The third-order valence-electron chi connectivity index (χ3n) is 3.30. The van der Waals surface area contributed by atoms with Gasteiger partial charge in [0.2, 0.25) is 10.0 Å². The van der Waals surface area contributed by atoms with Gasteiger partial charge in [0.05, 0.1) is 10.6 Å². The van der Waals surface area contributed by atoms with Gasteiger partial charge in [-0.05, 0) is 43.3 Å². The van der Waals surface area contributed by atoms with Gasteiger partial charge in [0.15, 0.2) is 6.61 Å². The van der Waals surface area contributed by atoms with Crippen LogP contribution in [0.5, 0.6) is 0 Å². The second-order valence-electron chi connectivity index (χ2n) is 5.43. The number of carbonyl (C=O) groups is 2. The van der Waals surface area contributed by atoms with Crippen molar-refractivity contribution in [1.82, 2.24) is 4.72 Å². The minimum atomic E-state index is -4.08. The minimum Gasteiger partial charge on any atom is -0.454 e. The molecule has 2 rings (SSSR count). The molecule has 0 spiro atoms. The van der Waals surface area contributed by atoms with Crippen LogP contribution in [0.2, 0.25) is 0 Å². The Labute approximate surface area is 154 Å². The molecule has 0 aliphatic carbocycles. The smallest absolute Gasteiger partial charge is 0.324 e. The van der Waals surface area contributed by atoms with Crippen LogP contribution in [-0.2, 0) is 24.3 Å². The number of nitrogens with one attached hydrogen (secondary N) is 2. The van der Waals surface area contributed by atoms with Crippen LogP contribution in [0.25, 0.3) is 0 Å². The molecule has 1 amide bonds. The number of hydrogen-bond acceptors (Lipinski definition) is 5. The number of ether oxygens (including phenoxy) is 1. The van der Waals surface area contributed by atoms with Gasteiger partial charge in [0.25, 0.3) is 5.91 Å². The van der Waals surface area contributed by atoms with E-state index in [0.29, 0.717) is 0 Å². The Balaban J connectivity index is 1.89. The van der Waals surface area contributed by atoms with E-state index < -0.39 is 46.2 Å². The maximum atomic E-state index is 13.4. The first-order valence-electron chi connectivity index (χ1n) is 7.68. The van der Waals surface area contributed by atoms with Gasteiger partial charge in [-0.2, -0.15) is 4.72 Å². The Bertz CT molecular complexity index is 933. The molecular formula is C17H16F2N2O5S. The Morgan fingerprint density at radius 3 is 2.33 bits per heavy atom. The Kier molecular flexibility index (Phi) is 6.59. The molecule has 10 heteroatoms. The fourth-order valence-electron chi connectivity index (χ4n) is 1.97. The lowest BCUT2D eigenvalue weighted by atomic mass is 10.3. The zero-order chi connectivity index (χ0) is 20.0. The molecule has 2 aromatic rings. The lowest BCUT2D eigenvalue weighted by molar-refractivity contribution is -0.148. The summed E-state index contributed by atoms with van der Waals surface area (Å²) in [5, 5.41) is 2.22. The van der Waals surface area contributed by atoms with Crippen LogP contribution in [0.3, 0.4) is 0 Å². The van der Waals surface area contributed by atoms with Gasteiger partial charge in [-0.25, -0.2) is 17.2 Å². The molecule has 0 aliphatic heterocycles. The highest BCUT2D eigenvalue weighted by Gasteiger charge is 2.23. The summed E-state index contributed by atoms with van der Waals surface area (Å²) < 4.78 is 57.3. The van der Waals surface area contributed by atoms with Gasteiger partial charge in [0.1, 0.15) is 17.7 Å². The van der Waals surface area contributed by atoms with Crippen molar-refractivity contribution < 1.29 is 31.5 Å². The average molecular weight is 398 g/mol. The van der Waals surface area contributed by atoms with Crippen LogP contribution < -0.4 is 10.0 Å². The summed E-state index contributed by atoms with van der Waals surface area (Å²) >= 11 is 0. The number of carbonyl (C=O) groups excluding carboxylic acids is 2. The molecule has 0 fully saturated rings. The van der Waals surface area contributed by atoms with Crippen molar-refractivity contribution in [2.45, 2.75) is 17.9 Å². The van der Waals surface area contributed by atoms with Crippen molar-refractivity contribution in [3.63, 3.8) is 0 Å². The van der Waals surface area contributed by atoms with E-state index in [1.165, 1.54) is 25.1 Å². The number of rotatable bonds is 7. The number of halogens is 2. The van der Waals surface area contributed by atoms with Crippen molar-refractivity contribution in [3.05, 3.63) is 60.2 Å². The van der Waals surface area contributed by atoms with Gasteiger partial charge in [-0.15, -0.1) is 0 Å². The summed E-state index contributed by atoms with van der Waals surface area (Å²) in [4.78, 5) is 23.3. The summed E-state index contributed by atoms with van der Waals surface area (Å²) in [5.74, 6) is -3.06. The Hall–Kier alpha value is -2.85.